The molecule has 1 saturated heterocycles. The quantitative estimate of drug-likeness (QED) is 0.811. The van der Waals surface area contributed by atoms with Gasteiger partial charge in [0.2, 0.25) is 0 Å². The van der Waals surface area contributed by atoms with E-state index in [9.17, 15) is 4.79 Å². The predicted molar refractivity (Wildman–Crippen MR) is 79.8 cm³/mol. The van der Waals surface area contributed by atoms with Gasteiger partial charge in [-0.2, -0.15) is 0 Å². The second-order valence-electron chi connectivity index (χ2n) is 5.29. The Bertz CT molecular complexity index is 439. The molecule has 1 aliphatic rings. The van der Waals surface area contributed by atoms with Crippen LogP contribution in [0.4, 0.5) is 5.69 Å². The van der Waals surface area contributed by atoms with E-state index in [4.69, 9.17) is 5.73 Å². The average Bonchev–Trinajstić information content (AvgIpc) is 2.48. The van der Waals surface area contributed by atoms with E-state index in [-0.39, 0.29) is 5.97 Å². The Kier molecular flexibility index (Phi) is 4.98. The molecule has 1 fully saturated rings. The summed E-state index contributed by atoms with van der Waals surface area (Å²) in [6.07, 6.45) is 0.510. The van der Waals surface area contributed by atoms with Crippen molar-refractivity contribution >= 4 is 11.7 Å². The minimum atomic E-state index is -0.588. The fraction of sp³-hybridized carbons (Fsp3) is 0.533. The minimum Gasteiger partial charge on any atom is -0.468 e. The maximum Gasteiger partial charge on any atom is 0.322 e. The molecule has 0 aromatic heterocycles. The highest BCUT2D eigenvalue weighted by molar-refractivity contribution is 5.75. The molecular formula is C15H23N3O2. The number of ether oxygens (including phenoxy) is 1. The lowest BCUT2D eigenvalue weighted by atomic mass is 10.1. The van der Waals surface area contributed by atoms with Crippen LogP contribution in [0.1, 0.15) is 5.56 Å². The number of hydrogen-bond donors (Lipinski definition) is 1. The zero-order chi connectivity index (χ0) is 14.5. The van der Waals surface area contributed by atoms with E-state index in [0.717, 1.165) is 31.7 Å². The third-order valence-corrected chi connectivity index (χ3v) is 3.76. The molecule has 2 N–H and O–H groups in total. The van der Waals surface area contributed by atoms with E-state index < -0.39 is 6.04 Å². The molecule has 1 unspecified atom stereocenters. The molecule has 0 radical (unpaired) electrons. The standard InChI is InChI=1S/C15H23N3O2/c1-17-7-9-18(10-8-17)13-5-3-12(4-6-13)11-14(16)15(19)20-2/h3-6,14H,7-11,16H2,1-2H3. The molecule has 1 heterocycles. The molecule has 1 aromatic rings. The Morgan fingerprint density at radius 3 is 2.40 bits per heavy atom. The number of carbonyl (C=O) groups is 1. The molecule has 0 saturated carbocycles. The highest BCUT2D eigenvalue weighted by Crippen LogP contribution is 2.17. The molecule has 0 bridgehead atoms. The molecular weight excluding hydrogens is 254 g/mol. The molecule has 0 amide bonds. The van der Waals surface area contributed by atoms with Gasteiger partial charge in [0.15, 0.2) is 0 Å². The van der Waals surface area contributed by atoms with Gasteiger partial charge in [-0.1, -0.05) is 12.1 Å². The lowest BCUT2D eigenvalue weighted by Crippen LogP contribution is -2.44. The van der Waals surface area contributed by atoms with Gasteiger partial charge >= 0.3 is 5.97 Å². The van der Waals surface area contributed by atoms with Gasteiger partial charge in [-0.15, -0.1) is 0 Å². The first-order valence-corrected chi connectivity index (χ1v) is 6.96. The van der Waals surface area contributed by atoms with Crippen molar-refractivity contribution < 1.29 is 9.53 Å². The van der Waals surface area contributed by atoms with Gasteiger partial charge in [0.05, 0.1) is 7.11 Å². The van der Waals surface area contributed by atoms with E-state index in [1.165, 1.54) is 12.8 Å². The summed E-state index contributed by atoms with van der Waals surface area (Å²) in [5.41, 5.74) is 8.05. The third kappa shape index (κ3) is 3.71. The summed E-state index contributed by atoms with van der Waals surface area (Å²) in [5, 5.41) is 0. The number of carbonyl (C=O) groups excluding carboxylic acids is 1. The molecule has 5 nitrogen and oxygen atoms in total. The number of esters is 1. The zero-order valence-corrected chi connectivity index (χ0v) is 12.2. The Hall–Kier alpha value is -1.59. The summed E-state index contributed by atoms with van der Waals surface area (Å²) in [6, 6.07) is 7.69. The number of anilines is 1. The number of nitrogens with zero attached hydrogens (tertiary/aromatic N) is 2. The van der Waals surface area contributed by atoms with Gasteiger partial charge in [-0.05, 0) is 31.2 Å². The van der Waals surface area contributed by atoms with Crippen LogP contribution in [0.15, 0.2) is 24.3 Å². The first-order valence-electron chi connectivity index (χ1n) is 6.96. The van der Waals surface area contributed by atoms with Crippen LogP contribution in [0.3, 0.4) is 0 Å². The number of nitrogens with two attached hydrogens (primary N) is 1. The van der Waals surface area contributed by atoms with Crippen LogP contribution < -0.4 is 10.6 Å². The van der Waals surface area contributed by atoms with Gasteiger partial charge in [0.25, 0.3) is 0 Å². The van der Waals surface area contributed by atoms with Gasteiger partial charge in [0, 0.05) is 31.9 Å². The molecule has 2 rings (SSSR count). The first-order chi connectivity index (χ1) is 9.60. The van der Waals surface area contributed by atoms with Crippen LogP contribution in [0.2, 0.25) is 0 Å². The average molecular weight is 277 g/mol. The van der Waals surface area contributed by atoms with Crippen LogP contribution in [0.25, 0.3) is 0 Å². The minimum absolute atomic E-state index is 0.367. The smallest absolute Gasteiger partial charge is 0.322 e. The lowest BCUT2D eigenvalue weighted by Gasteiger charge is -2.34. The molecule has 0 aliphatic carbocycles. The second kappa shape index (κ2) is 6.72. The SMILES string of the molecule is COC(=O)C(N)Cc1ccc(N2CCN(C)CC2)cc1. The highest BCUT2D eigenvalue weighted by Gasteiger charge is 2.16. The number of rotatable bonds is 4. The Morgan fingerprint density at radius 1 is 1.25 bits per heavy atom. The topological polar surface area (TPSA) is 58.8 Å². The summed E-state index contributed by atoms with van der Waals surface area (Å²) in [6.45, 7) is 4.29. The van der Waals surface area contributed by atoms with Gasteiger partial charge in [0.1, 0.15) is 6.04 Å². The summed E-state index contributed by atoms with van der Waals surface area (Å²) in [5.74, 6) is -0.367. The number of methoxy groups -OCH3 is 1. The van der Waals surface area contributed by atoms with E-state index in [1.807, 2.05) is 12.1 Å². The number of likely N-dealkylation sites (N-methyl/N-ethyl adjacent to an activating group) is 1. The molecule has 110 valence electrons. The maximum absolute atomic E-state index is 11.3. The summed E-state index contributed by atoms with van der Waals surface area (Å²) in [7, 11) is 3.51. The van der Waals surface area contributed by atoms with Crippen molar-refractivity contribution in [1.82, 2.24) is 4.90 Å². The van der Waals surface area contributed by atoms with Crippen LogP contribution in [-0.2, 0) is 16.0 Å². The summed E-state index contributed by atoms with van der Waals surface area (Å²) >= 11 is 0. The molecule has 1 atom stereocenters. The zero-order valence-electron chi connectivity index (χ0n) is 12.2. The monoisotopic (exact) mass is 277 g/mol. The number of hydrogen-bond acceptors (Lipinski definition) is 5. The highest BCUT2D eigenvalue weighted by atomic mass is 16.5. The number of benzene rings is 1. The van der Waals surface area contributed by atoms with Crippen molar-refractivity contribution in [3.8, 4) is 0 Å². The van der Waals surface area contributed by atoms with Crippen LogP contribution >= 0.6 is 0 Å². The number of piperazine rings is 1. The van der Waals surface area contributed by atoms with Crippen molar-refractivity contribution in [2.45, 2.75) is 12.5 Å². The van der Waals surface area contributed by atoms with Gasteiger partial charge in [-0.25, -0.2) is 0 Å². The van der Waals surface area contributed by atoms with Gasteiger partial charge < -0.3 is 20.3 Å². The van der Waals surface area contributed by atoms with Crippen molar-refractivity contribution in [2.75, 3.05) is 45.2 Å². The molecule has 0 spiro atoms. The Morgan fingerprint density at radius 2 is 1.85 bits per heavy atom. The maximum atomic E-state index is 11.3. The Labute approximate surface area is 120 Å². The molecule has 1 aromatic carbocycles. The largest absolute Gasteiger partial charge is 0.468 e. The van der Waals surface area contributed by atoms with E-state index in [1.54, 1.807) is 0 Å². The lowest BCUT2D eigenvalue weighted by molar-refractivity contribution is -0.142. The van der Waals surface area contributed by atoms with Crippen LogP contribution in [-0.4, -0.2) is 57.2 Å². The predicted octanol–water partition coefficient (Wildman–Crippen LogP) is 0.481. The normalized spacial score (nSPS) is 17.9. The van der Waals surface area contributed by atoms with Crippen LogP contribution in [0.5, 0.6) is 0 Å². The third-order valence-electron chi connectivity index (χ3n) is 3.76. The van der Waals surface area contributed by atoms with Crippen molar-refractivity contribution in [3.05, 3.63) is 29.8 Å². The van der Waals surface area contributed by atoms with Crippen LogP contribution in [0, 0.1) is 0 Å². The van der Waals surface area contributed by atoms with Gasteiger partial charge in [-0.3, -0.25) is 4.79 Å². The van der Waals surface area contributed by atoms with Crippen molar-refractivity contribution in [3.63, 3.8) is 0 Å². The summed E-state index contributed by atoms with van der Waals surface area (Å²) in [4.78, 5) is 16.0. The van der Waals surface area contributed by atoms with E-state index in [2.05, 4.69) is 33.7 Å². The fourth-order valence-corrected chi connectivity index (χ4v) is 2.40. The van der Waals surface area contributed by atoms with Crippen molar-refractivity contribution in [1.29, 1.82) is 0 Å². The van der Waals surface area contributed by atoms with Crippen molar-refractivity contribution in [2.24, 2.45) is 5.73 Å². The fourth-order valence-electron chi connectivity index (χ4n) is 2.40. The first kappa shape index (κ1) is 14.8. The molecule has 1 aliphatic heterocycles. The summed E-state index contributed by atoms with van der Waals surface area (Å²) < 4.78 is 4.64. The second-order valence-corrected chi connectivity index (χ2v) is 5.29. The molecule has 20 heavy (non-hydrogen) atoms. The Balaban J connectivity index is 1.94. The molecule has 5 heteroatoms. The van der Waals surface area contributed by atoms with E-state index in [0.29, 0.717) is 6.42 Å². The van der Waals surface area contributed by atoms with E-state index >= 15 is 0 Å².